The van der Waals surface area contributed by atoms with E-state index >= 15 is 0 Å². The van der Waals surface area contributed by atoms with Gasteiger partial charge in [0.25, 0.3) is 0 Å². The Morgan fingerprint density at radius 3 is 2.47 bits per heavy atom. The van der Waals surface area contributed by atoms with E-state index in [0.29, 0.717) is 5.56 Å². The maximum Gasteiger partial charge on any atom is 0.142 e. The number of aryl methyl sites for hydroxylation is 1. The number of pyridine rings is 1. The average molecular weight is 300 g/mol. The van der Waals surface area contributed by atoms with Crippen molar-refractivity contribution in [1.82, 2.24) is 4.98 Å². The van der Waals surface area contributed by atoms with Crippen LogP contribution in [0.3, 0.4) is 0 Å². The number of aromatic nitrogens is 1. The molecule has 1 aromatic carbocycles. The molecule has 0 saturated carbocycles. The van der Waals surface area contributed by atoms with E-state index in [-0.39, 0.29) is 15.6 Å². The van der Waals surface area contributed by atoms with Crippen molar-refractivity contribution in [2.75, 3.05) is 0 Å². The van der Waals surface area contributed by atoms with Crippen LogP contribution in [0.1, 0.15) is 23.7 Å². The van der Waals surface area contributed by atoms with Crippen LogP contribution in [0.15, 0.2) is 30.5 Å². The van der Waals surface area contributed by atoms with Crippen LogP contribution in [0.2, 0.25) is 10.0 Å². The van der Waals surface area contributed by atoms with Crippen LogP contribution in [0.4, 0.5) is 4.39 Å². The molecule has 0 radical (unpaired) electrons. The standard InChI is InChI=1S/C14H12Cl2FNO/c1-8-3-4-9(7-18-8)14(2,19)10-5-13(17)12(16)6-11(10)15/h3-7,19H,1-2H3. The second kappa shape index (κ2) is 5.08. The van der Waals surface area contributed by atoms with Crippen molar-refractivity contribution in [3.8, 4) is 0 Å². The zero-order valence-electron chi connectivity index (χ0n) is 10.4. The summed E-state index contributed by atoms with van der Waals surface area (Å²) in [6.45, 7) is 3.38. The highest BCUT2D eigenvalue weighted by atomic mass is 35.5. The van der Waals surface area contributed by atoms with Gasteiger partial charge in [-0.3, -0.25) is 4.98 Å². The minimum atomic E-state index is -1.44. The van der Waals surface area contributed by atoms with Crippen molar-refractivity contribution in [2.24, 2.45) is 0 Å². The molecule has 0 fully saturated rings. The number of rotatable bonds is 2. The van der Waals surface area contributed by atoms with Crippen LogP contribution in [-0.2, 0) is 5.60 Å². The number of halogens is 3. The van der Waals surface area contributed by atoms with E-state index in [1.165, 1.54) is 19.2 Å². The highest BCUT2D eigenvalue weighted by molar-refractivity contribution is 6.35. The molecule has 2 rings (SSSR count). The molecule has 0 aliphatic carbocycles. The Morgan fingerprint density at radius 2 is 1.89 bits per heavy atom. The second-order valence-corrected chi connectivity index (χ2v) is 5.32. The molecule has 1 unspecified atom stereocenters. The molecule has 0 aliphatic rings. The number of hydrogen-bond donors (Lipinski definition) is 1. The van der Waals surface area contributed by atoms with E-state index in [0.717, 1.165) is 11.8 Å². The van der Waals surface area contributed by atoms with Gasteiger partial charge in [-0.1, -0.05) is 29.3 Å². The Kier molecular flexibility index (Phi) is 3.81. The van der Waals surface area contributed by atoms with Gasteiger partial charge >= 0.3 is 0 Å². The van der Waals surface area contributed by atoms with E-state index in [1.807, 2.05) is 6.92 Å². The SMILES string of the molecule is Cc1ccc(C(C)(O)c2cc(F)c(Cl)cc2Cl)cn1. The highest BCUT2D eigenvalue weighted by Gasteiger charge is 2.29. The topological polar surface area (TPSA) is 33.1 Å². The number of benzene rings is 1. The molecule has 5 heteroatoms. The van der Waals surface area contributed by atoms with Crippen LogP contribution in [0.5, 0.6) is 0 Å². The summed E-state index contributed by atoms with van der Waals surface area (Å²) in [5.74, 6) is -0.624. The van der Waals surface area contributed by atoms with Crippen molar-refractivity contribution in [2.45, 2.75) is 19.4 Å². The lowest BCUT2D eigenvalue weighted by atomic mass is 9.89. The van der Waals surface area contributed by atoms with Gasteiger partial charge in [-0.15, -0.1) is 0 Å². The Hall–Kier alpha value is -1.16. The minimum absolute atomic E-state index is 0.0772. The Balaban J connectivity index is 2.55. The molecule has 0 aliphatic heterocycles. The zero-order valence-corrected chi connectivity index (χ0v) is 11.9. The summed E-state index contributed by atoms with van der Waals surface area (Å²) in [4.78, 5) is 4.12. The third kappa shape index (κ3) is 2.73. The van der Waals surface area contributed by atoms with Gasteiger partial charge in [0.15, 0.2) is 0 Å². The van der Waals surface area contributed by atoms with Gasteiger partial charge in [-0.05, 0) is 32.0 Å². The van der Waals surface area contributed by atoms with Gasteiger partial charge in [-0.25, -0.2) is 4.39 Å². The summed E-state index contributed by atoms with van der Waals surface area (Å²) in [5, 5.41) is 10.7. The van der Waals surface area contributed by atoms with Gasteiger partial charge in [0.05, 0.1) is 5.02 Å². The maximum absolute atomic E-state index is 13.6. The van der Waals surface area contributed by atoms with Crippen LogP contribution >= 0.6 is 23.2 Å². The van der Waals surface area contributed by atoms with Crippen molar-refractivity contribution >= 4 is 23.2 Å². The first-order chi connectivity index (χ1) is 8.82. The van der Waals surface area contributed by atoms with Crippen LogP contribution in [0.25, 0.3) is 0 Å². The molecule has 2 nitrogen and oxygen atoms in total. The van der Waals surface area contributed by atoms with Crippen LogP contribution in [-0.4, -0.2) is 10.1 Å². The van der Waals surface area contributed by atoms with Crippen molar-refractivity contribution < 1.29 is 9.50 Å². The largest absolute Gasteiger partial charge is 0.381 e. The first-order valence-corrected chi connectivity index (χ1v) is 6.38. The molecule has 19 heavy (non-hydrogen) atoms. The van der Waals surface area contributed by atoms with Crippen molar-refractivity contribution in [1.29, 1.82) is 0 Å². The molecular formula is C14H12Cl2FNO. The van der Waals surface area contributed by atoms with Gasteiger partial charge in [0, 0.05) is 28.0 Å². The van der Waals surface area contributed by atoms with Gasteiger partial charge in [0.2, 0.25) is 0 Å². The molecule has 1 atom stereocenters. The number of nitrogens with zero attached hydrogens (tertiary/aromatic N) is 1. The van der Waals surface area contributed by atoms with Crippen LogP contribution in [0, 0.1) is 12.7 Å². The highest BCUT2D eigenvalue weighted by Crippen LogP contribution is 2.36. The lowest BCUT2D eigenvalue weighted by molar-refractivity contribution is 0.102. The second-order valence-electron chi connectivity index (χ2n) is 4.51. The summed E-state index contributed by atoms with van der Waals surface area (Å²) in [6, 6.07) is 5.92. The predicted molar refractivity (Wildman–Crippen MR) is 74.1 cm³/mol. The molecular weight excluding hydrogens is 288 g/mol. The van der Waals surface area contributed by atoms with Crippen LogP contribution < -0.4 is 0 Å². The van der Waals surface area contributed by atoms with Crippen molar-refractivity contribution in [3.63, 3.8) is 0 Å². The van der Waals surface area contributed by atoms with Gasteiger partial charge in [0.1, 0.15) is 11.4 Å². The molecule has 0 saturated heterocycles. The fourth-order valence-corrected chi connectivity index (χ4v) is 2.37. The first-order valence-electron chi connectivity index (χ1n) is 5.63. The predicted octanol–water partition coefficient (Wildman–Crippen LogP) is 4.09. The molecule has 0 bridgehead atoms. The molecule has 1 heterocycles. The Morgan fingerprint density at radius 1 is 1.21 bits per heavy atom. The summed E-state index contributed by atoms with van der Waals surface area (Å²) in [5.41, 5.74) is 0.166. The molecule has 0 amide bonds. The zero-order chi connectivity index (χ0) is 14.2. The average Bonchev–Trinajstić information content (AvgIpc) is 2.34. The fraction of sp³-hybridized carbons (Fsp3) is 0.214. The summed E-state index contributed by atoms with van der Waals surface area (Å²) < 4.78 is 13.6. The smallest absolute Gasteiger partial charge is 0.142 e. The summed E-state index contributed by atoms with van der Waals surface area (Å²) in [7, 11) is 0. The minimum Gasteiger partial charge on any atom is -0.381 e. The molecule has 1 aromatic heterocycles. The lowest BCUT2D eigenvalue weighted by Gasteiger charge is -2.25. The van der Waals surface area contributed by atoms with E-state index in [9.17, 15) is 9.50 Å². The fourth-order valence-electron chi connectivity index (χ4n) is 1.81. The van der Waals surface area contributed by atoms with Crippen molar-refractivity contribution in [3.05, 3.63) is 63.1 Å². The third-order valence-corrected chi connectivity index (χ3v) is 3.61. The van der Waals surface area contributed by atoms with Gasteiger partial charge < -0.3 is 5.11 Å². The summed E-state index contributed by atoms with van der Waals surface area (Å²) in [6.07, 6.45) is 1.54. The quantitative estimate of drug-likeness (QED) is 0.847. The number of aliphatic hydroxyl groups is 1. The van der Waals surface area contributed by atoms with E-state index in [2.05, 4.69) is 4.98 Å². The van der Waals surface area contributed by atoms with E-state index < -0.39 is 11.4 Å². The number of hydrogen-bond acceptors (Lipinski definition) is 2. The van der Waals surface area contributed by atoms with E-state index in [4.69, 9.17) is 23.2 Å². The molecule has 0 spiro atoms. The Labute approximate surface area is 120 Å². The lowest BCUT2D eigenvalue weighted by Crippen LogP contribution is -2.23. The molecule has 1 N–H and O–H groups in total. The first kappa shape index (κ1) is 14.3. The van der Waals surface area contributed by atoms with E-state index in [1.54, 1.807) is 12.1 Å². The summed E-state index contributed by atoms with van der Waals surface area (Å²) >= 11 is 11.7. The third-order valence-electron chi connectivity index (χ3n) is 3.01. The normalized spacial score (nSPS) is 14.2. The molecule has 2 aromatic rings. The molecule has 100 valence electrons. The Bertz CT molecular complexity index is 612. The van der Waals surface area contributed by atoms with Gasteiger partial charge in [-0.2, -0.15) is 0 Å². The maximum atomic E-state index is 13.6. The monoisotopic (exact) mass is 299 g/mol.